The summed E-state index contributed by atoms with van der Waals surface area (Å²) < 4.78 is 5.52. The maximum Gasteiger partial charge on any atom is 0.414 e. The number of carboxylic acid groups (broad SMARTS) is 2. The Hall–Kier alpha value is -3.91. The molecule has 0 radical (unpaired) electrons. The zero-order valence-electron chi connectivity index (χ0n) is 18.9. The van der Waals surface area contributed by atoms with Crippen molar-refractivity contribution in [1.82, 2.24) is 5.32 Å². The number of benzene rings is 2. The minimum Gasteiger partial charge on any atom is -0.496 e. The van der Waals surface area contributed by atoms with Crippen molar-refractivity contribution in [2.24, 2.45) is 0 Å². The molecule has 1 amide bonds. The molecule has 2 heterocycles. The fraction of sp³-hybridized carbons (Fsp3) is 0.269. The molecule has 0 saturated carbocycles. The highest BCUT2D eigenvalue weighted by molar-refractivity contribution is 6.27. The summed E-state index contributed by atoms with van der Waals surface area (Å²) in [6, 6.07) is 14.8. The molecule has 2 aromatic carbocycles. The molecule has 2 aliphatic heterocycles. The summed E-state index contributed by atoms with van der Waals surface area (Å²) in [4.78, 5) is 29.7. The van der Waals surface area contributed by atoms with Crippen molar-refractivity contribution in [2.75, 3.05) is 19.0 Å². The molecule has 8 nitrogen and oxygen atoms in total. The van der Waals surface area contributed by atoms with Gasteiger partial charge in [0.25, 0.3) is 0 Å². The average molecular weight is 465 g/mol. The van der Waals surface area contributed by atoms with Gasteiger partial charge in [0.2, 0.25) is 5.91 Å². The summed E-state index contributed by atoms with van der Waals surface area (Å²) in [7, 11) is 1.73. The normalized spacial score (nSPS) is 17.0. The van der Waals surface area contributed by atoms with Crippen LogP contribution in [0.4, 0.5) is 5.69 Å². The average Bonchev–Trinajstić information content (AvgIpc) is 2.84. The van der Waals surface area contributed by atoms with Gasteiger partial charge >= 0.3 is 11.9 Å². The molecule has 0 fully saturated rings. The van der Waals surface area contributed by atoms with Crippen LogP contribution in [0.2, 0.25) is 0 Å². The van der Waals surface area contributed by atoms with Gasteiger partial charge < -0.3 is 25.6 Å². The first-order chi connectivity index (χ1) is 16.4. The number of amides is 1. The second-order valence-electron chi connectivity index (χ2n) is 7.92. The van der Waals surface area contributed by atoms with Gasteiger partial charge in [-0.05, 0) is 60.7 Å². The number of carbonyl (C=O) groups excluding carboxylic acids is 1. The third kappa shape index (κ3) is 6.79. The number of aliphatic carboxylic acids is 2. The third-order valence-electron chi connectivity index (χ3n) is 5.56. The lowest BCUT2D eigenvalue weighted by molar-refractivity contribution is -0.159. The number of aryl methyl sites for hydroxylation is 1. The molecule has 34 heavy (non-hydrogen) atoms. The van der Waals surface area contributed by atoms with E-state index in [2.05, 4.69) is 53.1 Å². The standard InChI is InChI=1S/C24H26N2O2.C2H2O4/c1-28-23-8-3-2-7-21(23)18-13-14-25-20(16-18)6-4-5-17-9-11-22-19(15-17)10-12-24(27)26-22;3-1(4)2(5)6/h2-5,7-9,11,15-16,20,25H,6,10,12-14H2,1H3,(H,26,27);(H,3,4)(H,5,6)/b5-4+;. The van der Waals surface area contributed by atoms with E-state index in [4.69, 9.17) is 24.5 Å². The number of ether oxygens (including phenoxy) is 1. The number of carboxylic acids is 2. The van der Waals surface area contributed by atoms with Gasteiger partial charge in [-0.2, -0.15) is 0 Å². The summed E-state index contributed by atoms with van der Waals surface area (Å²) in [6.45, 7) is 0.973. The number of carbonyl (C=O) groups is 3. The zero-order chi connectivity index (χ0) is 24.5. The Kier molecular flexibility index (Phi) is 8.59. The topological polar surface area (TPSA) is 125 Å². The van der Waals surface area contributed by atoms with Crippen molar-refractivity contribution in [1.29, 1.82) is 0 Å². The first kappa shape index (κ1) is 24.7. The van der Waals surface area contributed by atoms with Crippen LogP contribution in [0.5, 0.6) is 5.75 Å². The molecule has 4 rings (SSSR count). The second kappa shape index (κ2) is 11.8. The van der Waals surface area contributed by atoms with Crippen LogP contribution in [0.25, 0.3) is 11.6 Å². The van der Waals surface area contributed by atoms with Crippen LogP contribution < -0.4 is 15.4 Å². The van der Waals surface area contributed by atoms with E-state index in [0.29, 0.717) is 12.5 Å². The highest BCUT2D eigenvalue weighted by atomic mass is 16.5. The predicted octanol–water partition coefficient (Wildman–Crippen LogP) is 3.58. The number of methoxy groups -OCH3 is 1. The number of hydrogen-bond acceptors (Lipinski definition) is 5. The lowest BCUT2D eigenvalue weighted by Gasteiger charge is -2.23. The largest absolute Gasteiger partial charge is 0.496 e. The predicted molar refractivity (Wildman–Crippen MR) is 130 cm³/mol. The SMILES string of the molecule is COc1ccccc1C1=CC(C/C=C/c2ccc3c(c2)CCC(=O)N3)NCC1.O=C(O)C(=O)O. The molecular weight excluding hydrogens is 436 g/mol. The number of hydrogen-bond donors (Lipinski definition) is 4. The van der Waals surface area contributed by atoms with Crippen molar-refractivity contribution in [3.8, 4) is 5.75 Å². The Morgan fingerprint density at radius 3 is 2.59 bits per heavy atom. The van der Waals surface area contributed by atoms with Gasteiger partial charge in [-0.3, -0.25) is 4.79 Å². The van der Waals surface area contributed by atoms with Crippen LogP contribution in [0.15, 0.2) is 54.6 Å². The van der Waals surface area contributed by atoms with Gasteiger partial charge in [-0.15, -0.1) is 0 Å². The molecule has 8 heteroatoms. The van der Waals surface area contributed by atoms with Gasteiger partial charge in [0.15, 0.2) is 0 Å². The maximum absolute atomic E-state index is 11.5. The number of para-hydroxylation sites is 1. The van der Waals surface area contributed by atoms with E-state index in [1.54, 1.807) is 7.11 Å². The summed E-state index contributed by atoms with van der Waals surface area (Å²) >= 11 is 0. The van der Waals surface area contributed by atoms with E-state index in [1.807, 2.05) is 18.2 Å². The monoisotopic (exact) mass is 464 g/mol. The minimum atomic E-state index is -1.82. The third-order valence-corrected chi connectivity index (χ3v) is 5.56. The van der Waals surface area contributed by atoms with Crippen molar-refractivity contribution in [2.45, 2.75) is 31.7 Å². The lowest BCUT2D eigenvalue weighted by atomic mass is 9.95. The van der Waals surface area contributed by atoms with E-state index in [-0.39, 0.29) is 5.91 Å². The quantitative estimate of drug-likeness (QED) is 0.499. The van der Waals surface area contributed by atoms with Crippen LogP contribution in [0, 0.1) is 0 Å². The maximum atomic E-state index is 11.5. The van der Waals surface area contributed by atoms with Crippen molar-refractivity contribution >= 4 is 35.2 Å². The molecular formula is C26H28N2O6. The van der Waals surface area contributed by atoms with E-state index in [0.717, 1.165) is 37.2 Å². The van der Waals surface area contributed by atoms with Gasteiger partial charge in [0, 0.05) is 23.7 Å². The summed E-state index contributed by atoms with van der Waals surface area (Å²) in [6.07, 6.45) is 10.1. The Morgan fingerprint density at radius 1 is 1.09 bits per heavy atom. The van der Waals surface area contributed by atoms with Gasteiger partial charge in [0.1, 0.15) is 5.75 Å². The van der Waals surface area contributed by atoms with Crippen LogP contribution >= 0.6 is 0 Å². The first-order valence-electron chi connectivity index (χ1n) is 11.0. The number of nitrogens with one attached hydrogen (secondary N) is 2. The molecule has 1 atom stereocenters. The first-order valence-corrected chi connectivity index (χ1v) is 11.0. The summed E-state index contributed by atoms with van der Waals surface area (Å²) in [5.74, 6) is -2.60. The van der Waals surface area contributed by atoms with E-state index in [9.17, 15) is 4.79 Å². The molecule has 0 saturated heterocycles. The van der Waals surface area contributed by atoms with Crippen LogP contribution in [0.1, 0.15) is 36.0 Å². The minimum absolute atomic E-state index is 0.108. The summed E-state index contributed by atoms with van der Waals surface area (Å²) in [5, 5.41) is 21.3. The fourth-order valence-electron chi connectivity index (χ4n) is 3.92. The van der Waals surface area contributed by atoms with Crippen molar-refractivity contribution in [3.63, 3.8) is 0 Å². The highest BCUT2D eigenvalue weighted by Crippen LogP contribution is 2.30. The Bertz CT molecular complexity index is 1110. The summed E-state index contributed by atoms with van der Waals surface area (Å²) in [5.41, 5.74) is 5.89. The van der Waals surface area contributed by atoms with Gasteiger partial charge in [0.05, 0.1) is 7.11 Å². The molecule has 178 valence electrons. The Balaban J connectivity index is 0.000000481. The Morgan fingerprint density at radius 2 is 1.85 bits per heavy atom. The second-order valence-corrected chi connectivity index (χ2v) is 7.92. The molecule has 0 aliphatic carbocycles. The molecule has 4 N–H and O–H groups in total. The van der Waals surface area contributed by atoms with Crippen molar-refractivity contribution in [3.05, 3.63) is 71.3 Å². The lowest BCUT2D eigenvalue weighted by Crippen LogP contribution is -2.31. The zero-order valence-corrected chi connectivity index (χ0v) is 18.9. The number of anilines is 1. The molecule has 1 unspecified atom stereocenters. The van der Waals surface area contributed by atoms with Crippen LogP contribution in [-0.2, 0) is 20.8 Å². The molecule has 0 bridgehead atoms. The van der Waals surface area contributed by atoms with Crippen molar-refractivity contribution < 1.29 is 29.3 Å². The van der Waals surface area contributed by atoms with Crippen LogP contribution in [0.3, 0.4) is 0 Å². The van der Waals surface area contributed by atoms with Crippen LogP contribution in [-0.4, -0.2) is 47.8 Å². The fourth-order valence-corrected chi connectivity index (χ4v) is 3.92. The highest BCUT2D eigenvalue weighted by Gasteiger charge is 2.16. The molecule has 0 spiro atoms. The van der Waals surface area contributed by atoms with E-state index >= 15 is 0 Å². The number of fused-ring (bicyclic) bond motifs is 1. The van der Waals surface area contributed by atoms with Gasteiger partial charge in [-0.25, -0.2) is 9.59 Å². The van der Waals surface area contributed by atoms with Gasteiger partial charge in [-0.1, -0.05) is 42.5 Å². The van der Waals surface area contributed by atoms with E-state index in [1.165, 1.54) is 22.3 Å². The Labute approximate surface area is 197 Å². The smallest absolute Gasteiger partial charge is 0.414 e. The molecule has 0 aromatic heterocycles. The van der Waals surface area contributed by atoms with E-state index < -0.39 is 11.9 Å². The molecule has 2 aliphatic rings. The molecule has 2 aromatic rings. The number of rotatable bonds is 5.